The van der Waals surface area contributed by atoms with Crippen LogP contribution in [0, 0.1) is 0 Å². The van der Waals surface area contributed by atoms with Gasteiger partial charge in [-0.05, 0) is 41.7 Å². The fourth-order valence-corrected chi connectivity index (χ4v) is 2.59. The van der Waals surface area contributed by atoms with E-state index < -0.39 is 24.4 Å². The van der Waals surface area contributed by atoms with Gasteiger partial charge in [0.05, 0.1) is 0 Å². The number of amides is 2. The zero-order valence-corrected chi connectivity index (χ0v) is 16.9. The minimum Gasteiger partial charge on any atom is -0.451 e. The Morgan fingerprint density at radius 1 is 1.03 bits per heavy atom. The summed E-state index contributed by atoms with van der Waals surface area (Å²) in [6.45, 7) is 5.10. The van der Waals surface area contributed by atoms with Crippen molar-refractivity contribution in [3.8, 4) is 0 Å². The van der Waals surface area contributed by atoms with E-state index in [1.807, 2.05) is 42.5 Å². The molecule has 2 N–H and O–H groups in total. The number of hydrogen-bond acceptors (Lipinski definition) is 4. The summed E-state index contributed by atoms with van der Waals surface area (Å²) >= 11 is 0. The summed E-state index contributed by atoms with van der Waals surface area (Å²) in [5.74, 6) is -1.21. The molecular formula is C23H26N2O4. The lowest BCUT2D eigenvalue weighted by Crippen LogP contribution is -2.28. The average Bonchev–Trinajstić information content (AvgIpc) is 2.72. The molecule has 2 aromatic rings. The number of carbonyl (C=O) groups is 3. The molecule has 2 rings (SSSR count). The smallest absolute Gasteiger partial charge is 0.355 e. The molecule has 1 unspecified atom stereocenters. The molecule has 0 radical (unpaired) electrons. The SMILES string of the molecule is CCC(C)c1ccc(NC(=O)COC(=O)C(=Cc2ccccc2)NC(C)=O)cc1. The Kier molecular flexibility index (Phi) is 8.15. The van der Waals surface area contributed by atoms with Crippen molar-refractivity contribution in [2.75, 3.05) is 11.9 Å². The summed E-state index contributed by atoms with van der Waals surface area (Å²) in [5, 5.41) is 5.13. The van der Waals surface area contributed by atoms with Gasteiger partial charge in [-0.3, -0.25) is 9.59 Å². The highest BCUT2D eigenvalue weighted by atomic mass is 16.5. The number of anilines is 1. The zero-order valence-electron chi connectivity index (χ0n) is 16.9. The minimum atomic E-state index is -0.786. The first kappa shape index (κ1) is 21.9. The van der Waals surface area contributed by atoms with E-state index in [0.717, 1.165) is 12.0 Å². The minimum absolute atomic E-state index is 0.0330. The Morgan fingerprint density at radius 2 is 1.69 bits per heavy atom. The van der Waals surface area contributed by atoms with Gasteiger partial charge in [0.15, 0.2) is 6.61 Å². The van der Waals surface area contributed by atoms with E-state index in [9.17, 15) is 14.4 Å². The largest absolute Gasteiger partial charge is 0.451 e. The molecule has 0 aliphatic rings. The van der Waals surface area contributed by atoms with Crippen LogP contribution in [0.15, 0.2) is 60.3 Å². The molecule has 0 spiro atoms. The highest BCUT2D eigenvalue weighted by molar-refractivity contribution is 5.99. The summed E-state index contributed by atoms with van der Waals surface area (Å²) in [7, 11) is 0. The molecule has 2 aromatic carbocycles. The highest BCUT2D eigenvalue weighted by Gasteiger charge is 2.15. The number of nitrogens with one attached hydrogen (secondary N) is 2. The predicted molar refractivity (Wildman–Crippen MR) is 113 cm³/mol. The van der Waals surface area contributed by atoms with Crippen molar-refractivity contribution in [3.05, 3.63) is 71.4 Å². The molecule has 152 valence electrons. The first-order valence-electron chi connectivity index (χ1n) is 9.50. The van der Waals surface area contributed by atoms with Gasteiger partial charge in [0.2, 0.25) is 5.91 Å². The molecule has 0 fully saturated rings. The van der Waals surface area contributed by atoms with E-state index in [0.29, 0.717) is 11.6 Å². The van der Waals surface area contributed by atoms with Gasteiger partial charge in [0.1, 0.15) is 5.70 Å². The highest BCUT2D eigenvalue weighted by Crippen LogP contribution is 2.20. The maximum Gasteiger partial charge on any atom is 0.355 e. The predicted octanol–water partition coefficient (Wildman–Crippen LogP) is 3.86. The first-order chi connectivity index (χ1) is 13.9. The summed E-state index contributed by atoms with van der Waals surface area (Å²) in [6, 6.07) is 16.6. The molecule has 0 bridgehead atoms. The third-order valence-corrected chi connectivity index (χ3v) is 4.35. The number of ether oxygens (including phenoxy) is 1. The number of rotatable bonds is 8. The van der Waals surface area contributed by atoms with E-state index in [1.54, 1.807) is 12.1 Å². The van der Waals surface area contributed by atoms with Crippen LogP contribution in [0.4, 0.5) is 5.69 Å². The van der Waals surface area contributed by atoms with E-state index in [2.05, 4.69) is 24.5 Å². The van der Waals surface area contributed by atoms with E-state index in [4.69, 9.17) is 4.74 Å². The summed E-state index contributed by atoms with van der Waals surface area (Å²) < 4.78 is 5.06. The van der Waals surface area contributed by atoms with E-state index in [-0.39, 0.29) is 5.70 Å². The lowest BCUT2D eigenvalue weighted by Gasteiger charge is -2.11. The number of carbonyl (C=O) groups excluding carboxylic acids is 3. The van der Waals surface area contributed by atoms with Crippen LogP contribution >= 0.6 is 0 Å². The number of hydrogen-bond donors (Lipinski definition) is 2. The number of benzene rings is 2. The fraction of sp³-hybridized carbons (Fsp3) is 0.261. The second kappa shape index (κ2) is 10.8. The molecule has 6 nitrogen and oxygen atoms in total. The Hall–Kier alpha value is -3.41. The molecular weight excluding hydrogens is 368 g/mol. The standard InChI is InChI=1S/C23H26N2O4/c1-4-16(2)19-10-12-20(13-11-19)25-22(27)15-29-23(28)21(24-17(3)26)14-18-8-6-5-7-9-18/h5-14,16H,4,15H2,1-3H3,(H,24,26)(H,25,27). The van der Waals surface area contributed by atoms with Crippen LogP contribution in [0.3, 0.4) is 0 Å². The zero-order chi connectivity index (χ0) is 21.2. The molecule has 0 aromatic heterocycles. The second-order valence-electron chi connectivity index (χ2n) is 6.71. The third kappa shape index (κ3) is 7.25. The monoisotopic (exact) mass is 394 g/mol. The Labute approximate surface area is 171 Å². The van der Waals surface area contributed by atoms with Gasteiger partial charge >= 0.3 is 5.97 Å². The molecule has 1 atom stereocenters. The van der Waals surface area contributed by atoms with Crippen LogP contribution in [-0.4, -0.2) is 24.4 Å². The maximum atomic E-state index is 12.3. The van der Waals surface area contributed by atoms with E-state index >= 15 is 0 Å². The Balaban J connectivity index is 1.95. The molecule has 0 heterocycles. The maximum absolute atomic E-state index is 12.3. The lowest BCUT2D eigenvalue weighted by atomic mass is 9.99. The normalized spacial score (nSPS) is 12.0. The van der Waals surface area contributed by atoms with E-state index in [1.165, 1.54) is 18.6 Å². The lowest BCUT2D eigenvalue weighted by molar-refractivity contribution is -0.144. The summed E-state index contributed by atoms with van der Waals surface area (Å²) in [4.78, 5) is 35.8. The first-order valence-corrected chi connectivity index (χ1v) is 9.50. The molecule has 0 aliphatic carbocycles. The van der Waals surface area contributed by atoms with Crippen LogP contribution < -0.4 is 10.6 Å². The van der Waals surface area contributed by atoms with Crippen LogP contribution in [-0.2, 0) is 19.1 Å². The van der Waals surface area contributed by atoms with Gasteiger partial charge in [-0.1, -0.05) is 56.3 Å². The molecule has 2 amide bonds. The molecule has 6 heteroatoms. The fourth-order valence-electron chi connectivity index (χ4n) is 2.59. The Bertz CT molecular complexity index is 874. The van der Waals surface area contributed by atoms with Crippen molar-refractivity contribution in [1.29, 1.82) is 0 Å². The number of esters is 1. The van der Waals surface area contributed by atoms with Crippen LogP contribution in [0.5, 0.6) is 0 Å². The van der Waals surface area contributed by atoms with Crippen molar-refractivity contribution in [1.82, 2.24) is 5.32 Å². The molecule has 0 saturated heterocycles. The van der Waals surface area contributed by atoms with Crippen molar-refractivity contribution in [2.45, 2.75) is 33.1 Å². The van der Waals surface area contributed by atoms with Crippen LogP contribution in [0.1, 0.15) is 44.2 Å². The van der Waals surface area contributed by atoms with Gasteiger partial charge in [-0.15, -0.1) is 0 Å². The topological polar surface area (TPSA) is 84.5 Å². The average molecular weight is 394 g/mol. The van der Waals surface area contributed by atoms with Crippen LogP contribution in [0.2, 0.25) is 0 Å². The van der Waals surface area contributed by atoms with Crippen molar-refractivity contribution < 1.29 is 19.1 Å². The third-order valence-electron chi connectivity index (χ3n) is 4.35. The van der Waals surface area contributed by atoms with Gasteiger partial charge in [0.25, 0.3) is 5.91 Å². The van der Waals surface area contributed by atoms with Gasteiger partial charge in [-0.2, -0.15) is 0 Å². The van der Waals surface area contributed by atoms with Crippen LogP contribution in [0.25, 0.3) is 6.08 Å². The molecule has 0 aliphatic heterocycles. The Morgan fingerprint density at radius 3 is 2.28 bits per heavy atom. The molecule has 0 saturated carbocycles. The van der Waals surface area contributed by atoms with Gasteiger partial charge < -0.3 is 15.4 Å². The van der Waals surface area contributed by atoms with Crippen molar-refractivity contribution in [2.24, 2.45) is 0 Å². The quantitative estimate of drug-likeness (QED) is 0.526. The molecule has 29 heavy (non-hydrogen) atoms. The van der Waals surface area contributed by atoms with Gasteiger partial charge in [-0.25, -0.2) is 4.79 Å². The summed E-state index contributed by atoms with van der Waals surface area (Å²) in [5.41, 5.74) is 2.51. The van der Waals surface area contributed by atoms with Crippen molar-refractivity contribution in [3.63, 3.8) is 0 Å². The second-order valence-corrected chi connectivity index (χ2v) is 6.71. The summed E-state index contributed by atoms with van der Waals surface area (Å²) in [6.07, 6.45) is 2.53. The van der Waals surface area contributed by atoms with Gasteiger partial charge in [0, 0.05) is 12.6 Å². The van der Waals surface area contributed by atoms with Crippen molar-refractivity contribution >= 4 is 29.5 Å².